The van der Waals surface area contributed by atoms with Crippen LogP contribution in [0.1, 0.15) is 12.8 Å². The van der Waals surface area contributed by atoms with Crippen LogP contribution in [0, 0.1) is 0 Å². The van der Waals surface area contributed by atoms with E-state index in [1.54, 1.807) is 11.3 Å². The number of thiazole rings is 1. The minimum absolute atomic E-state index is 0.562. The van der Waals surface area contributed by atoms with Crippen LogP contribution in [0.5, 0.6) is 0 Å². The Hall–Kier alpha value is -0.810. The first-order valence-electron chi connectivity index (χ1n) is 4.53. The van der Waals surface area contributed by atoms with E-state index < -0.39 is 0 Å². The van der Waals surface area contributed by atoms with E-state index in [2.05, 4.69) is 15.6 Å². The van der Waals surface area contributed by atoms with Crippen molar-refractivity contribution in [2.45, 2.75) is 18.9 Å². The lowest BCUT2D eigenvalue weighted by Gasteiger charge is -2.23. The second-order valence-corrected chi connectivity index (χ2v) is 4.10. The third kappa shape index (κ3) is 2.32. The Morgan fingerprint density at radius 2 is 2.31 bits per heavy atom. The molecule has 1 aliphatic heterocycles. The second-order valence-electron chi connectivity index (χ2n) is 3.25. The standard InChI is InChI=1S/C8H14N4S/c9-7-5-13-8(12-7)11-6-1-3-10-4-2-6/h5-6,10H,1-4,9H2,(H,11,12). The number of aromatic nitrogens is 1. The number of nitrogen functional groups attached to an aromatic ring is 1. The van der Waals surface area contributed by atoms with Crippen molar-refractivity contribution in [1.29, 1.82) is 0 Å². The van der Waals surface area contributed by atoms with Gasteiger partial charge in [0.15, 0.2) is 5.13 Å². The monoisotopic (exact) mass is 198 g/mol. The van der Waals surface area contributed by atoms with Gasteiger partial charge in [-0.1, -0.05) is 0 Å². The van der Waals surface area contributed by atoms with Gasteiger partial charge in [-0.2, -0.15) is 0 Å². The third-order valence-corrected chi connectivity index (χ3v) is 2.98. The molecule has 1 aromatic heterocycles. The van der Waals surface area contributed by atoms with E-state index in [1.165, 1.54) is 12.8 Å². The summed E-state index contributed by atoms with van der Waals surface area (Å²) >= 11 is 1.58. The van der Waals surface area contributed by atoms with Gasteiger partial charge >= 0.3 is 0 Å². The van der Waals surface area contributed by atoms with Crippen LogP contribution in [0.25, 0.3) is 0 Å². The van der Waals surface area contributed by atoms with Gasteiger partial charge in [0.25, 0.3) is 0 Å². The Balaban J connectivity index is 1.89. The van der Waals surface area contributed by atoms with Crippen molar-refractivity contribution in [3.63, 3.8) is 0 Å². The number of anilines is 2. The molecule has 72 valence electrons. The van der Waals surface area contributed by atoms with E-state index in [0.717, 1.165) is 18.2 Å². The molecule has 0 aromatic carbocycles. The molecule has 13 heavy (non-hydrogen) atoms. The number of nitrogens with two attached hydrogens (primary N) is 1. The predicted octanol–water partition coefficient (Wildman–Crippen LogP) is 0.889. The molecule has 0 radical (unpaired) electrons. The van der Waals surface area contributed by atoms with Crippen molar-refractivity contribution in [2.24, 2.45) is 0 Å². The molecule has 4 nitrogen and oxygen atoms in total. The molecule has 1 saturated heterocycles. The largest absolute Gasteiger partial charge is 0.383 e. The fourth-order valence-electron chi connectivity index (χ4n) is 1.49. The normalized spacial score (nSPS) is 18.8. The summed E-state index contributed by atoms with van der Waals surface area (Å²) in [7, 11) is 0. The summed E-state index contributed by atoms with van der Waals surface area (Å²) in [4.78, 5) is 4.17. The maximum atomic E-state index is 5.53. The van der Waals surface area contributed by atoms with Crippen LogP contribution < -0.4 is 16.4 Å². The molecule has 0 spiro atoms. The summed E-state index contributed by atoms with van der Waals surface area (Å²) in [6.07, 6.45) is 2.33. The van der Waals surface area contributed by atoms with Crippen molar-refractivity contribution in [3.8, 4) is 0 Å². The lowest BCUT2D eigenvalue weighted by Crippen LogP contribution is -2.35. The molecule has 0 amide bonds. The van der Waals surface area contributed by atoms with Gasteiger partial charge in [-0.05, 0) is 25.9 Å². The molecule has 1 aromatic rings. The van der Waals surface area contributed by atoms with Crippen molar-refractivity contribution >= 4 is 22.3 Å². The summed E-state index contributed by atoms with van der Waals surface area (Å²) in [5, 5.41) is 9.53. The average molecular weight is 198 g/mol. The van der Waals surface area contributed by atoms with Crippen molar-refractivity contribution < 1.29 is 0 Å². The van der Waals surface area contributed by atoms with E-state index in [9.17, 15) is 0 Å². The highest BCUT2D eigenvalue weighted by Gasteiger charge is 2.13. The van der Waals surface area contributed by atoms with Gasteiger partial charge in [-0.3, -0.25) is 0 Å². The molecule has 1 aliphatic rings. The van der Waals surface area contributed by atoms with Gasteiger partial charge < -0.3 is 16.4 Å². The van der Waals surface area contributed by atoms with Crippen molar-refractivity contribution in [2.75, 3.05) is 24.1 Å². The molecule has 2 rings (SSSR count). The van der Waals surface area contributed by atoms with Crippen molar-refractivity contribution in [3.05, 3.63) is 5.38 Å². The van der Waals surface area contributed by atoms with Crippen LogP contribution in [-0.2, 0) is 0 Å². The fourth-order valence-corrected chi connectivity index (χ4v) is 2.17. The highest BCUT2D eigenvalue weighted by atomic mass is 32.1. The van der Waals surface area contributed by atoms with Crippen LogP contribution >= 0.6 is 11.3 Å². The van der Waals surface area contributed by atoms with E-state index in [0.29, 0.717) is 11.9 Å². The Morgan fingerprint density at radius 1 is 1.54 bits per heavy atom. The maximum absolute atomic E-state index is 5.53. The third-order valence-electron chi connectivity index (χ3n) is 2.19. The Labute approximate surface area is 81.5 Å². The van der Waals surface area contributed by atoms with Crippen LogP contribution in [0.3, 0.4) is 0 Å². The minimum atomic E-state index is 0.562. The molecule has 2 heterocycles. The number of hydrogen-bond donors (Lipinski definition) is 3. The summed E-state index contributed by atoms with van der Waals surface area (Å²) < 4.78 is 0. The highest BCUT2D eigenvalue weighted by Crippen LogP contribution is 2.19. The lowest BCUT2D eigenvalue weighted by molar-refractivity contribution is 0.479. The number of rotatable bonds is 2. The van der Waals surface area contributed by atoms with Gasteiger partial charge in [0.1, 0.15) is 5.82 Å². The first-order valence-corrected chi connectivity index (χ1v) is 5.41. The Morgan fingerprint density at radius 3 is 2.92 bits per heavy atom. The molecule has 0 saturated carbocycles. The topological polar surface area (TPSA) is 63.0 Å². The Kier molecular flexibility index (Phi) is 2.65. The van der Waals surface area contributed by atoms with Gasteiger partial charge in [0.2, 0.25) is 0 Å². The summed E-state index contributed by atoms with van der Waals surface area (Å²) in [6.45, 7) is 2.19. The van der Waals surface area contributed by atoms with Crippen LogP contribution in [0.4, 0.5) is 10.9 Å². The molecule has 0 unspecified atom stereocenters. The zero-order valence-corrected chi connectivity index (χ0v) is 8.23. The lowest BCUT2D eigenvalue weighted by atomic mass is 10.1. The summed E-state index contributed by atoms with van der Waals surface area (Å²) in [5.74, 6) is 0.612. The van der Waals surface area contributed by atoms with Crippen molar-refractivity contribution in [1.82, 2.24) is 10.3 Å². The van der Waals surface area contributed by atoms with Crippen LogP contribution in [-0.4, -0.2) is 24.1 Å². The average Bonchev–Trinajstić information content (AvgIpc) is 2.53. The van der Waals surface area contributed by atoms with E-state index >= 15 is 0 Å². The van der Waals surface area contributed by atoms with Gasteiger partial charge in [0, 0.05) is 11.4 Å². The van der Waals surface area contributed by atoms with Gasteiger partial charge in [-0.15, -0.1) is 11.3 Å². The molecular weight excluding hydrogens is 184 g/mol. The SMILES string of the molecule is Nc1csc(NC2CCNCC2)n1. The van der Waals surface area contributed by atoms with Gasteiger partial charge in [-0.25, -0.2) is 4.98 Å². The zero-order valence-electron chi connectivity index (χ0n) is 7.42. The predicted molar refractivity (Wildman–Crippen MR) is 56.0 cm³/mol. The fraction of sp³-hybridized carbons (Fsp3) is 0.625. The number of piperidine rings is 1. The highest BCUT2D eigenvalue weighted by molar-refractivity contribution is 7.14. The number of nitrogens with zero attached hydrogens (tertiary/aromatic N) is 1. The zero-order chi connectivity index (χ0) is 9.10. The first-order chi connectivity index (χ1) is 6.34. The molecule has 1 fully saturated rings. The van der Waals surface area contributed by atoms with Gasteiger partial charge in [0.05, 0.1) is 0 Å². The summed E-state index contributed by atoms with van der Waals surface area (Å²) in [5.41, 5.74) is 5.53. The Bertz CT molecular complexity index is 267. The molecule has 4 N–H and O–H groups in total. The van der Waals surface area contributed by atoms with E-state index in [4.69, 9.17) is 5.73 Å². The van der Waals surface area contributed by atoms with Crippen LogP contribution in [0.15, 0.2) is 5.38 Å². The summed E-state index contributed by atoms with van der Waals surface area (Å²) in [6, 6.07) is 0.562. The molecule has 5 heteroatoms. The molecular formula is C8H14N4S. The number of hydrogen-bond acceptors (Lipinski definition) is 5. The smallest absolute Gasteiger partial charge is 0.184 e. The molecule has 0 aliphatic carbocycles. The minimum Gasteiger partial charge on any atom is -0.383 e. The van der Waals surface area contributed by atoms with Crippen LogP contribution in [0.2, 0.25) is 0 Å². The molecule has 0 atom stereocenters. The number of nitrogens with one attached hydrogen (secondary N) is 2. The maximum Gasteiger partial charge on any atom is 0.184 e. The van der Waals surface area contributed by atoms with E-state index in [-0.39, 0.29) is 0 Å². The quantitative estimate of drug-likeness (QED) is 0.660. The molecule has 0 bridgehead atoms. The first kappa shape index (κ1) is 8.77. The second kappa shape index (κ2) is 3.93. The van der Waals surface area contributed by atoms with E-state index in [1.807, 2.05) is 5.38 Å².